The van der Waals surface area contributed by atoms with E-state index in [1.807, 2.05) is 17.5 Å². The molecule has 1 unspecified atom stereocenters. The van der Waals surface area contributed by atoms with E-state index < -0.39 is 0 Å². The summed E-state index contributed by atoms with van der Waals surface area (Å²) < 4.78 is 19.4. The van der Waals surface area contributed by atoms with Gasteiger partial charge in [-0.2, -0.15) is 0 Å². The minimum atomic E-state index is -0.332. The average Bonchev–Trinajstić information content (AvgIpc) is 3.09. The summed E-state index contributed by atoms with van der Waals surface area (Å²) >= 11 is 1.54. The number of rotatable bonds is 5. The van der Waals surface area contributed by atoms with Crippen LogP contribution < -0.4 is 5.32 Å². The van der Waals surface area contributed by atoms with Crippen LogP contribution in [0.2, 0.25) is 0 Å². The van der Waals surface area contributed by atoms with Crippen LogP contribution in [0.25, 0.3) is 11.0 Å². The highest BCUT2D eigenvalue weighted by molar-refractivity contribution is 7.07. The summed E-state index contributed by atoms with van der Waals surface area (Å²) in [5, 5.41) is 6.16. The molecule has 0 amide bonds. The zero-order valence-corrected chi connectivity index (χ0v) is 11.9. The third kappa shape index (κ3) is 2.46. The fourth-order valence-electron chi connectivity index (χ4n) is 2.19. The van der Waals surface area contributed by atoms with Crippen LogP contribution in [0.1, 0.15) is 30.8 Å². The third-order valence-corrected chi connectivity index (χ3v) is 3.75. The molecule has 0 aliphatic rings. The molecular formula is C15H15FN2OS. The van der Waals surface area contributed by atoms with Crippen LogP contribution in [-0.2, 0) is 0 Å². The Morgan fingerprint density at radius 2 is 2.35 bits per heavy atom. The van der Waals surface area contributed by atoms with Gasteiger partial charge in [0.15, 0.2) is 11.4 Å². The molecule has 0 aliphatic carbocycles. The quantitative estimate of drug-likeness (QED) is 0.768. The fourth-order valence-corrected chi connectivity index (χ4v) is 2.77. The molecule has 0 fully saturated rings. The van der Waals surface area contributed by atoms with Crippen molar-refractivity contribution in [3.63, 3.8) is 0 Å². The number of nitrogens with zero attached hydrogens (tertiary/aromatic N) is 1. The van der Waals surface area contributed by atoms with Gasteiger partial charge in [0.05, 0.1) is 11.2 Å². The molecule has 0 saturated heterocycles. The van der Waals surface area contributed by atoms with Crippen LogP contribution in [0.3, 0.4) is 0 Å². The maximum absolute atomic E-state index is 13.7. The van der Waals surface area contributed by atoms with Crippen molar-refractivity contribution in [2.24, 2.45) is 0 Å². The molecule has 2 aromatic heterocycles. The van der Waals surface area contributed by atoms with E-state index in [-0.39, 0.29) is 11.9 Å². The number of nitrogens with one attached hydrogen (secondary N) is 1. The van der Waals surface area contributed by atoms with Gasteiger partial charge in [0.25, 0.3) is 0 Å². The van der Waals surface area contributed by atoms with Crippen molar-refractivity contribution in [1.82, 2.24) is 10.3 Å². The Kier molecular flexibility index (Phi) is 3.80. The first kappa shape index (κ1) is 13.3. The minimum absolute atomic E-state index is 0.131. The molecule has 0 radical (unpaired) electrons. The van der Waals surface area contributed by atoms with Crippen LogP contribution >= 0.6 is 11.3 Å². The SMILES string of the molecule is CCCNC(c1cscn1)c1cc2cccc(F)c2o1. The molecule has 1 N–H and O–H groups in total. The summed E-state index contributed by atoms with van der Waals surface area (Å²) in [6, 6.07) is 6.70. The highest BCUT2D eigenvalue weighted by Gasteiger charge is 2.20. The molecule has 2 heterocycles. The highest BCUT2D eigenvalue weighted by Crippen LogP contribution is 2.29. The van der Waals surface area contributed by atoms with E-state index in [1.54, 1.807) is 11.6 Å². The zero-order valence-electron chi connectivity index (χ0n) is 11.1. The van der Waals surface area contributed by atoms with E-state index >= 15 is 0 Å². The number of fused-ring (bicyclic) bond motifs is 1. The second-order valence-electron chi connectivity index (χ2n) is 4.61. The number of furan rings is 1. The first-order valence-electron chi connectivity index (χ1n) is 6.59. The van der Waals surface area contributed by atoms with E-state index in [9.17, 15) is 4.39 Å². The third-order valence-electron chi connectivity index (χ3n) is 3.15. The van der Waals surface area contributed by atoms with E-state index in [1.165, 1.54) is 17.4 Å². The molecule has 0 spiro atoms. The Hall–Kier alpha value is -1.72. The molecule has 20 heavy (non-hydrogen) atoms. The lowest BCUT2D eigenvalue weighted by Crippen LogP contribution is -2.23. The summed E-state index contributed by atoms with van der Waals surface area (Å²) in [6.45, 7) is 2.95. The first-order chi connectivity index (χ1) is 9.79. The van der Waals surface area contributed by atoms with Crippen molar-refractivity contribution >= 4 is 22.3 Å². The van der Waals surface area contributed by atoms with Crippen LogP contribution in [0.15, 0.2) is 39.6 Å². The topological polar surface area (TPSA) is 38.1 Å². The maximum Gasteiger partial charge on any atom is 0.169 e. The Labute approximate surface area is 120 Å². The fraction of sp³-hybridized carbons (Fsp3) is 0.267. The molecule has 1 atom stereocenters. The van der Waals surface area contributed by atoms with E-state index in [2.05, 4.69) is 17.2 Å². The van der Waals surface area contributed by atoms with Gasteiger partial charge in [-0.05, 0) is 25.1 Å². The Balaban J connectivity index is 2.02. The van der Waals surface area contributed by atoms with Crippen molar-refractivity contribution in [3.8, 4) is 0 Å². The summed E-state index contributed by atoms with van der Waals surface area (Å²) in [5.74, 6) is 0.366. The lowest BCUT2D eigenvalue weighted by atomic mass is 10.1. The Morgan fingerprint density at radius 3 is 3.05 bits per heavy atom. The molecule has 0 aliphatic heterocycles. The molecule has 5 heteroatoms. The van der Waals surface area contributed by atoms with Crippen molar-refractivity contribution in [3.05, 3.63) is 52.4 Å². The normalized spacial score (nSPS) is 12.9. The zero-order chi connectivity index (χ0) is 13.9. The molecule has 3 rings (SSSR count). The van der Waals surface area contributed by atoms with Gasteiger partial charge in [0.1, 0.15) is 11.8 Å². The number of halogens is 1. The number of benzene rings is 1. The number of hydrogen-bond donors (Lipinski definition) is 1. The van der Waals surface area contributed by atoms with Gasteiger partial charge in [-0.25, -0.2) is 9.37 Å². The van der Waals surface area contributed by atoms with Gasteiger partial charge in [0.2, 0.25) is 0 Å². The summed E-state index contributed by atoms with van der Waals surface area (Å²) in [5.41, 5.74) is 3.00. The second-order valence-corrected chi connectivity index (χ2v) is 5.33. The first-order valence-corrected chi connectivity index (χ1v) is 7.53. The van der Waals surface area contributed by atoms with Crippen LogP contribution in [-0.4, -0.2) is 11.5 Å². The predicted octanol–water partition coefficient (Wildman–Crippen LogP) is 4.12. The molecule has 0 bridgehead atoms. The van der Waals surface area contributed by atoms with E-state index in [4.69, 9.17) is 4.42 Å². The number of para-hydroxylation sites is 1. The Bertz CT molecular complexity index is 693. The summed E-state index contributed by atoms with van der Waals surface area (Å²) in [6.07, 6.45) is 1.01. The minimum Gasteiger partial charge on any atom is -0.456 e. The van der Waals surface area contributed by atoms with Crippen molar-refractivity contribution in [2.45, 2.75) is 19.4 Å². The standard InChI is InChI=1S/C15H15FN2OS/c1-2-6-17-14(12-8-20-9-18-12)13-7-10-4-3-5-11(16)15(10)19-13/h3-5,7-9,14,17H,2,6H2,1H3. The van der Waals surface area contributed by atoms with E-state index in [0.717, 1.165) is 24.0 Å². The van der Waals surface area contributed by atoms with Gasteiger partial charge >= 0.3 is 0 Å². The second kappa shape index (κ2) is 5.73. The molecular weight excluding hydrogens is 275 g/mol. The van der Waals surface area contributed by atoms with Crippen LogP contribution in [0, 0.1) is 5.82 Å². The number of hydrogen-bond acceptors (Lipinski definition) is 4. The van der Waals surface area contributed by atoms with Gasteiger partial charge < -0.3 is 9.73 Å². The van der Waals surface area contributed by atoms with Gasteiger partial charge in [-0.1, -0.05) is 19.1 Å². The monoisotopic (exact) mass is 290 g/mol. The van der Waals surface area contributed by atoms with Gasteiger partial charge in [-0.3, -0.25) is 0 Å². The molecule has 104 valence electrons. The smallest absolute Gasteiger partial charge is 0.169 e. The average molecular weight is 290 g/mol. The van der Waals surface area contributed by atoms with Crippen LogP contribution in [0.5, 0.6) is 0 Å². The Morgan fingerprint density at radius 1 is 1.45 bits per heavy atom. The summed E-state index contributed by atoms with van der Waals surface area (Å²) in [4.78, 5) is 4.34. The lowest BCUT2D eigenvalue weighted by Gasteiger charge is -2.13. The molecule has 0 saturated carbocycles. The predicted molar refractivity (Wildman–Crippen MR) is 78.4 cm³/mol. The van der Waals surface area contributed by atoms with Crippen molar-refractivity contribution in [1.29, 1.82) is 0 Å². The lowest BCUT2D eigenvalue weighted by molar-refractivity contribution is 0.455. The largest absolute Gasteiger partial charge is 0.456 e. The molecule has 1 aromatic carbocycles. The highest BCUT2D eigenvalue weighted by atomic mass is 32.1. The summed E-state index contributed by atoms with van der Waals surface area (Å²) in [7, 11) is 0. The van der Waals surface area contributed by atoms with Crippen molar-refractivity contribution in [2.75, 3.05) is 6.54 Å². The van der Waals surface area contributed by atoms with Crippen molar-refractivity contribution < 1.29 is 8.81 Å². The van der Waals surface area contributed by atoms with Gasteiger partial charge in [0, 0.05) is 10.8 Å². The number of thiazole rings is 1. The molecule has 3 nitrogen and oxygen atoms in total. The van der Waals surface area contributed by atoms with Gasteiger partial charge in [-0.15, -0.1) is 11.3 Å². The van der Waals surface area contributed by atoms with E-state index in [0.29, 0.717) is 11.3 Å². The molecule has 3 aromatic rings. The van der Waals surface area contributed by atoms with Crippen LogP contribution in [0.4, 0.5) is 4.39 Å². The maximum atomic E-state index is 13.7. The number of aromatic nitrogens is 1.